The number of ether oxygens (including phenoxy) is 2. The van der Waals surface area contributed by atoms with Crippen molar-refractivity contribution in [1.29, 1.82) is 0 Å². The lowest BCUT2D eigenvalue weighted by Gasteiger charge is -2.50. The molecule has 2 aliphatic rings. The van der Waals surface area contributed by atoms with E-state index in [0.717, 1.165) is 45.7 Å². The minimum absolute atomic E-state index is 0.142. The number of nitrogens with zero attached hydrogens (tertiary/aromatic N) is 1. The topological polar surface area (TPSA) is 34.8 Å². The van der Waals surface area contributed by atoms with E-state index in [2.05, 4.69) is 11.5 Å². The number of fused-ring (bicyclic) bond motifs is 1. The summed E-state index contributed by atoms with van der Waals surface area (Å²) in [7, 11) is 0. The van der Waals surface area contributed by atoms with Gasteiger partial charge in [0.05, 0.1) is 31.8 Å². The third kappa shape index (κ3) is 3.39. The Kier molecular flexibility index (Phi) is 4.78. The van der Waals surface area contributed by atoms with Gasteiger partial charge in [-0.2, -0.15) is 0 Å². The second-order valence-electron chi connectivity index (χ2n) is 6.26. The number of piperidine rings is 1. The number of rotatable bonds is 6. The molecule has 0 aromatic carbocycles. The maximum atomic E-state index is 6.05. The molecule has 0 N–H and O–H groups in total. The molecule has 2 atom stereocenters. The average molecular weight is 291 g/mol. The van der Waals surface area contributed by atoms with Gasteiger partial charge in [0.25, 0.3) is 0 Å². The Labute approximate surface area is 126 Å². The second-order valence-corrected chi connectivity index (χ2v) is 6.26. The van der Waals surface area contributed by atoms with Gasteiger partial charge >= 0.3 is 0 Å². The molecular formula is C17H25NO3. The molecule has 4 nitrogen and oxygen atoms in total. The molecule has 21 heavy (non-hydrogen) atoms. The van der Waals surface area contributed by atoms with Crippen LogP contribution >= 0.6 is 0 Å². The third-order valence-corrected chi connectivity index (χ3v) is 4.68. The molecule has 0 spiro atoms. The molecule has 1 aromatic rings. The Hall–Kier alpha value is -1.10. The highest BCUT2D eigenvalue weighted by Gasteiger charge is 2.46. The van der Waals surface area contributed by atoms with E-state index in [0.29, 0.717) is 12.7 Å². The number of likely N-dealkylation sites (tertiary alicyclic amines) is 1. The van der Waals surface area contributed by atoms with Crippen molar-refractivity contribution in [3.05, 3.63) is 36.8 Å². The van der Waals surface area contributed by atoms with E-state index in [-0.39, 0.29) is 5.41 Å². The summed E-state index contributed by atoms with van der Waals surface area (Å²) < 4.78 is 17.1. The van der Waals surface area contributed by atoms with Crippen molar-refractivity contribution in [2.75, 3.05) is 32.9 Å². The van der Waals surface area contributed by atoms with Crippen LogP contribution in [0.1, 0.15) is 24.8 Å². The van der Waals surface area contributed by atoms with Gasteiger partial charge in [-0.25, -0.2) is 0 Å². The van der Waals surface area contributed by atoms with E-state index in [4.69, 9.17) is 13.9 Å². The van der Waals surface area contributed by atoms with Crippen LogP contribution in [-0.4, -0.2) is 43.9 Å². The van der Waals surface area contributed by atoms with Crippen LogP contribution in [-0.2, 0) is 16.0 Å². The highest BCUT2D eigenvalue weighted by molar-refractivity contribution is 5.06. The molecule has 2 saturated heterocycles. The molecule has 0 radical (unpaired) electrons. The summed E-state index contributed by atoms with van der Waals surface area (Å²) in [5.41, 5.74) is 1.39. The molecule has 1 aromatic heterocycles. The first-order valence-electron chi connectivity index (χ1n) is 7.86. The normalized spacial score (nSPS) is 30.0. The zero-order valence-electron chi connectivity index (χ0n) is 12.6. The predicted molar refractivity (Wildman–Crippen MR) is 81.0 cm³/mol. The van der Waals surface area contributed by atoms with E-state index >= 15 is 0 Å². The molecule has 0 saturated carbocycles. The van der Waals surface area contributed by atoms with Gasteiger partial charge in [-0.1, -0.05) is 6.08 Å². The van der Waals surface area contributed by atoms with Crippen molar-refractivity contribution in [3.8, 4) is 0 Å². The van der Waals surface area contributed by atoms with Crippen molar-refractivity contribution >= 4 is 0 Å². The van der Waals surface area contributed by atoms with Crippen molar-refractivity contribution < 1.29 is 13.9 Å². The van der Waals surface area contributed by atoms with Crippen LogP contribution in [0.4, 0.5) is 0 Å². The van der Waals surface area contributed by atoms with Gasteiger partial charge in [0.2, 0.25) is 0 Å². The van der Waals surface area contributed by atoms with Crippen molar-refractivity contribution in [3.63, 3.8) is 0 Å². The Bertz CT molecular complexity index is 445. The molecule has 2 fully saturated rings. The van der Waals surface area contributed by atoms with Crippen molar-refractivity contribution in [2.45, 2.75) is 31.9 Å². The largest absolute Gasteiger partial charge is 0.472 e. The summed E-state index contributed by atoms with van der Waals surface area (Å²) in [6.07, 6.45) is 9.16. The molecular weight excluding hydrogens is 266 g/mol. The van der Waals surface area contributed by atoms with Crippen LogP contribution in [0.25, 0.3) is 0 Å². The molecule has 3 heterocycles. The number of furan rings is 1. The van der Waals surface area contributed by atoms with Gasteiger partial charge in [0.15, 0.2) is 0 Å². The Morgan fingerprint density at radius 3 is 3.29 bits per heavy atom. The maximum absolute atomic E-state index is 6.05. The van der Waals surface area contributed by atoms with E-state index in [1.807, 2.05) is 18.4 Å². The lowest BCUT2D eigenvalue weighted by Crippen LogP contribution is -2.56. The van der Waals surface area contributed by atoms with Crippen molar-refractivity contribution in [2.24, 2.45) is 5.41 Å². The smallest absolute Gasteiger partial charge is 0.0947 e. The first kappa shape index (κ1) is 14.8. The van der Waals surface area contributed by atoms with Gasteiger partial charge < -0.3 is 13.9 Å². The van der Waals surface area contributed by atoms with Crippen LogP contribution in [0.3, 0.4) is 0 Å². The van der Waals surface area contributed by atoms with Crippen LogP contribution < -0.4 is 0 Å². The van der Waals surface area contributed by atoms with Crippen LogP contribution in [0, 0.1) is 5.41 Å². The standard InChI is InChI=1S/C17H25NO3/c1-2-8-20-14-17-6-3-9-21-16(17)4-7-18(13-17)11-15-5-10-19-12-15/h2,5,10,12,16H,1,3-4,6-9,11,13-14H2/t16-,17+/m1/s1. The zero-order chi connectivity index (χ0) is 14.5. The highest BCUT2D eigenvalue weighted by Crippen LogP contribution is 2.40. The monoisotopic (exact) mass is 291 g/mol. The van der Waals surface area contributed by atoms with Gasteiger partial charge in [0, 0.05) is 37.2 Å². The summed E-state index contributed by atoms with van der Waals surface area (Å²) in [4.78, 5) is 2.51. The Morgan fingerprint density at radius 2 is 2.48 bits per heavy atom. The van der Waals surface area contributed by atoms with Crippen LogP contribution in [0.15, 0.2) is 35.7 Å². The summed E-state index contributed by atoms with van der Waals surface area (Å²) in [5, 5.41) is 0. The SMILES string of the molecule is C=CCOC[C@@]12CCCO[C@@H]1CCN(Cc1ccoc1)C2. The highest BCUT2D eigenvalue weighted by atomic mass is 16.5. The lowest BCUT2D eigenvalue weighted by molar-refractivity contribution is -0.152. The molecule has 2 aliphatic heterocycles. The molecule has 116 valence electrons. The molecule has 0 unspecified atom stereocenters. The first-order valence-corrected chi connectivity index (χ1v) is 7.86. The quantitative estimate of drug-likeness (QED) is 0.596. The molecule has 3 rings (SSSR count). The van der Waals surface area contributed by atoms with Gasteiger partial charge in [-0.15, -0.1) is 6.58 Å². The predicted octanol–water partition coefficient (Wildman–Crippen LogP) is 2.85. The lowest BCUT2D eigenvalue weighted by atomic mass is 9.73. The molecule has 0 aliphatic carbocycles. The minimum atomic E-state index is 0.142. The Balaban J connectivity index is 1.66. The number of hydrogen-bond acceptors (Lipinski definition) is 4. The third-order valence-electron chi connectivity index (χ3n) is 4.68. The van der Waals surface area contributed by atoms with E-state index in [9.17, 15) is 0 Å². The fourth-order valence-electron chi connectivity index (χ4n) is 3.71. The fourth-order valence-corrected chi connectivity index (χ4v) is 3.71. The summed E-state index contributed by atoms with van der Waals surface area (Å²) in [6, 6.07) is 2.05. The zero-order valence-corrected chi connectivity index (χ0v) is 12.6. The van der Waals surface area contributed by atoms with Gasteiger partial charge in [0.1, 0.15) is 0 Å². The molecule has 0 bridgehead atoms. The van der Waals surface area contributed by atoms with E-state index < -0.39 is 0 Å². The van der Waals surface area contributed by atoms with Crippen LogP contribution in [0.5, 0.6) is 0 Å². The second kappa shape index (κ2) is 6.77. The summed E-state index contributed by atoms with van der Waals surface area (Å²) in [6.45, 7) is 9.10. The first-order chi connectivity index (χ1) is 10.3. The summed E-state index contributed by atoms with van der Waals surface area (Å²) in [5.74, 6) is 0. The number of hydrogen-bond donors (Lipinski definition) is 0. The summed E-state index contributed by atoms with van der Waals surface area (Å²) >= 11 is 0. The Morgan fingerprint density at radius 1 is 1.52 bits per heavy atom. The molecule has 4 heteroatoms. The average Bonchev–Trinajstić information content (AvgIpc) is 3.00. The maximum Gasteiger partial charge on any atom is 0.0947 e. The van der Waals surface area contributed by atoms with Gasteiger partial charge in [-0.3, -0.25) is 4.90 Å². The van der Waals surface area contributed by atoms with E-state index in [1.54, 1.807) is 6.26 Å². The van der Waals surface area contributed by atoms with E-state index in [1.165, 1.54) is 12.0 Å². The molecule has 0 amide bonds. The fraction of sp³-hybridized carbons (Fsp3) is 0.647. The minimum Gasteiger partial charge on any atom is -0.472 e. The van der Waals surface area contributed by atoms with Crippen molar-refractivity contribution in [1.82, 2.24) is 4.90 Å². The van der Waals surface area contributed by atoms with Gasteiger partial charge in [-0.05, 0) is 25.3 Å². The van der Waals surface area contributed by atoms with Crippen LogP contribution in [0.2, 0.25) is 0 Å².